The van der Waals surface area contributed by atoms with E-state index >= 15 is 0 Å². The minimum atomic E-state index is -4.96. The first-order chi connectivity index (χ1) is 20.8. The Kier molecular flexibility index (Phi) is 8.81. The van der Waals surface area contributed by atoms with Crippen molar-refractivity contribution < 1.29 is 48.9 Å². The van der Waals surface area contributed by atoms with Gasteiger partial charge in [-0.3, -0.25) is 24.5 Å². The molecule has 4 aromatic rings. The largest absolute Gasteiger partial charge is 0.507 e. The number of anilines is 6. The highest BCUT2D eigenvalue weighted by atomic mass is 32.2. The average molecular weight is 688 g/mol. The van der Waals surface area contributed by atoms with E-state index in [4.69, 9.17) is 10.3 Å². The Morgan fingerprint density at radius 2 is 1.56 bits per heavy atom. The number of nitrogen functional groups attached to an aromatic ring is 1. The van der Waals surface area contributed by atoms with Crippen LogP contribution in [0.3, 0.4) is 0 Å². The highest BCUT2D eigenvalue weighted by Gasteiger charge is 2.22. The maximum Gasteiger partial charge on any atom is 0.475 e. The SMILES string of the molecule is Nc1ccc2cc(S(=O)(=O)O)cc(O)c2c1NNc1ccc(Nc2nc(NCCS(=O)(=O)O)nc([N+](=O)[O-])n2)cc1S(=O)(=O)O. The predicted molar refractivity (Wildman–Crippen MR) is 158 cm³/mol. The van der Waals surface area contributed by atoms with Gasteiger partial charge in [0, 0.05) is 18.3 Å². The Morgan fingerprint density at radius 3 is 2.18 bits per heavy atom. The third-order valence-electron chi connectivity index (χ3n) is 5.67. The number of rotatable bonds is 12. The van der Waals surface area contributed by atoms with E-state index in [1.807, 2.05) is 0 Å². The maximum absolute atomic E-state index is 12.2. The Hall–Kier alpha value is -5.14. The number of nitrogens with two attached hydrogens (primary N) is 1. The van der Waals surface area contributed by atoms with E-state index in [1.165, 1.54) is 18.2 Å². The van der Waals surface area contributed by atoms with Crippen LogP contribution in [0.5, 0.6) is 5.75 Å². The number of phenolic OH excluding ortho intramolecular Hbond substituents is 1. The van der Waals surface area contributed by atoms with Crippen LogP contribution in [0.15, 0.2) is 52.3 Å². The maximum atomic E-state index is 12.2. The van der Waals surface area contributed by atoms with Gasteiger partial charge in [-0.1, -0.05) is 6.07 Å². The van der Waals surface area contributed by atoms with Gasteiger partial charge in [-0.2, -0.15) is 25.3 Å². The van der Waals surface area contributed by atoms with Crippen LogP contribution in [0.2, 0.25) is 0 Å². The van der Waals surface area contributed by atoms with E-state index in [0.717, 1.165) is 24.3 Å². The number of nitrogens with zero attached hydrogens (tertiary/aromatic N) is 4. The van der Waals surface area contributed by atoms with Gasteiger partial charge in [-0.05, 0) is 50.6 Å². The zero-order valence-electron chi connectivity index (χ0n) is 22.1. The van der Waals surface area contributed by atoms with Crippen molar-refractivity contribution in [3.05, 3.63) is 52.6 Å². The van der Waals surface area contributed by atoms with Crippen LogP contribution in [0.1, 0.15) is 0 Å². The molecule has 0 spiro atoms. The van der Waals surface area contributed by atoms with Crippen LogP contribution >= 0.6 is 0 Å². The first kappa shape index (κ1) is 32.8. The van der Waals surface area contributed by atoms with Gasteiger partial charge in [0.2, 0.25) is 0 Å². The fourth-order valence-electron chi connectivity index (χ4n) is 3.77. The predicted octanol–water partition coefficient (Wildman–Crippen LogP) is 1.20. The number of hydrogen-bond acceptors (Lipinski definition) is 17. The molecule has 21 nitrogen and oxygen atoms in total. The molecule has 0 unspecified atom stereocenters. The van der Waals surface area contributed by atoms with Crippen molar-refractivity contribution in [1.82, 2.24) is 15.0 Å². The highest BCUT2D eigenvalue weighted by molar-refractivity contribution is 7.86. The van der Waals surface area contributed by atoms with Crippen molar-refractivity contribution in [3.63, 3.8) is 0 Å². The number of nitro groups is 1. The number of hydrogen-bond donors (Lipinski definition) is 9. The van der Waals surface area contributed by atoms with Crippen LogP contribution in [0, 0.1) is 10.1 Å². The molecule has 0 saturated heterocycles. The highest BCUT2D eigenvalue weighted by Crippen LogP contribution is 2.38. The zero-order chi connectivity index (χ0) is 33.3. The summed E-state index contributed by atoms with van der Waals surface area (Å²) >= 11 is 0. The van der Waals surface area contributed by atoms with Crippen molar-refractivity contribution in [2.24, 2.45) is 0 Å². The molecule has 3 aromatic carbocycles. The first-order valence-electron chi connectivity index (χ1n) is 11.8. The summed E-state index contributed by atoms with van der Waals surface area (Å²) in [6.07, 6.45) is 0. The molecule has 0 radical (unpaired) electrons. The molecule has 4 rings (SSSR count). The number of nitrogens with one attached hydrogen (secondary N) is 4. The second-order valence-corrected chi connectivity index (χ2v) is 13.2. The molecule has 1 aromatic heterocycles. The van der Waals surface area contributed by atoms with Crippen LogP contribution in [0.25, 0.3) is 10.8 Å². The Bertz CT molecular complexity index is 2160. The van der Waals surface area contributed by atoms with E-state index in [2.05, 4.69) is 36.4 Å². The molecule has 0 atom stereocenters. The first-order valence-corrected chi connectivity index (χ1v) is 16.3. The molecular weight excluding hydrogens is 666 g/mol. The summed E-state index contributed by atoms with van der Waals surface area (Å²) in [5, 5.41) is 26.7. The summed E-state index contributed by atoms with van der Waals surface area (Å²) in [5.74, 6) is -3.30. The van der Waals surface area contributed by atoms with E-state index in [1.54, 1.807) is 0 Å². The van der Waals surface area contributed by atoms with E-state index in [9.17, 15) is 49.6 Å². The van der Waals surface area contributed by atoms with Crippen molar-refractivity contribution in [2.45, 2.75) is 9.79 Å². The van der Waals surface area contributed by atoms with Crippen molar-refractivity contribution in [1.29, 1.82) is 0 Å². The number of aromatic hydroxyl groups is 1. The van der Waals surface area contributed by atoms with Gasteiger partial charge in [0.15, 0.2) is 0 Å². The zero-order valence-corrected chi connectivity index (χ0v) is 24.6. The monoisotopic (exact) mass is 687 g/mol. The Morgan fingerprint density at radius 1 is 0.867 bits per heavy atom. The number of fused-ring (bicyclic) bond motifs is 1. The molecule has 1 heterocycles. The molecule has 0 bridgehead atoms. The van der Waals surface area contributed by atoms with Crippen LogP contribution in [0.4, 0.5) is 40.6 Å². The Balaban J connectivity index is 1.65. The van der Waals surface area contributed by atoms with Crippen LogP contribution < -0.4 is 27.2 Å². The lowest BCUT2D eigenvalue weighted by Gasteiger charge is -2.17. The number of benzene rings is 3. The normalized spacial score (nSPS) is 12.1. The van der Waals surface area contributed by atoms with Gasteiger partial charge in [0.25, 0.3) is 30.4 Å². The lowest BCUT2D eigenvalue weighted by Crippen LogP contribution is -2.17. The van der Waals surface area contributed by atoms with E-state index < -0.39 is 81.0 Å². The van der Waals surface area contributed by atoms with Crippen molar-refractivity contribution in [2.75, 3.05) is 39.5 Å². The standard InChI is InChI=1S/C21H21N9O12S3/c22-13-3-1-10-7-12(44(37,38)39)9-15(31)17(10)18(13)29-28-14-4-2-11(8-16(14)45(40,41)42)24-20-25-19(23-5-6-43(34,35)36)26-21(27-20)30(32)33/h1-4,7-9,28-29,31H,5-6,22H2,(H,34,35,36)(H,37,38,39)(H,40,41,42)(H2,23,24,25,26,27). The van der Waals surface area contributed by atoms with Gasteiger partial charge in [-0.25, -0.2) is 0 Å². The third-order valence-corrected chi connectivity index (χ3v) is 8.11. The van der Waals surface area contributed by atoms with Gasteiger partial charge in [0.05, 0.1) is 33.1 Å². The van der Waals surface area contributed by atoms with Gasteiger partial charge in [-0.15, -0.1) is 4.98 Å². The molecule has 24 heteroatoms. The Labute approximate surface area is 252 Å². The molecule has 0 aliphatic carbocycles. The topological polar surface area (TPSA) is 339 Å². The van der Waals surface area contributed by atoms with Gasteiger partial charge in [0.1, 0.15) is 10.6 Å². The quantitative estimate of drug-likeness (QED) is 0.0437. The second kappa shape index (κ2) is 12.1. The van der Waals surface area contributed by atoms with E-state index in [0.29, 0.717) is 0 Å². The molecule has 240 valence electrons. The molecule has 0 aliphatic rings. The molecule has 0 fully saturated rings. The van der Waals surface area contributed by atoms with Gasteiger partial charge < -0.3 is 31.6 Å². The van der Waals surface area contributed by atoms with Crippen LogP contribution in [-0.2, 0) is 30.4 Å². The summed E-state index contributed by atoms with van der Waals surface area (Å²) in [5.41, 5.74) is 10.7. The number of aromatic nitrogens is 3. The number of hydrazine groups is 1. The van der Waals surface area contributed by atoms with Crippen molar-refractivity contribution >= 4 is 81.7 Å². The second-order valence-electron chi connectivity index (χ2n) is 8.86. The third kappa shape index (κ3) is 8.08. The van der Waals surface area contributed by atoms with Crippen molar-refractivity contribution in [3.8, 4) is 5.75 Å². The molecule has 45 heavy (non-hydrogen) atoms. The molecule has 0 aliphatic heterocycles. The fraction of sp³-hybridized carbons (Fsp3) is 0.0952. The summed E-state index contributed by atoms with van der Waals surface area (Å²) in [4.78, 5) is 19.8. The minimum Gasteiger partial charge on any atom is -0.507 e. The molecule has 0 amide bonds. The smallest absolute Gasteiger partial charge is 0.475 e. The summed E-state index contributed by atoms with van der Waals surface area (Å²) in [6, 6.07) is 7.78. The van der Waals surface area contributed by atoms with E-state index in [-0.39, 0.29) is 33.5 Å². The molecule has 10 N–H and O–H groups in total. The minimum absolute atomic E-state index is 0.00836. The molecular formula is C21H21N9O12S3. The average Bonchev–Trinajstić information content (AvgIpc) is 2.91. The fourth-order valence-corrected chi connectivity index (χ4v) is 5.33. The lowest BCUT2D eigenvalue weighted by molar-refractivity contribution is -0.394. The van der Waals surface area contributed by atoms with Crippen LogP contribution in [-0.4, -0.2) is 76.2 Å². The molecule has 0 saturated carbocycles. The lowest BCUT2D eigenvalue weighted by atomic mass is 10.1. The van der Waals surface area contributed by atoms with Gasteiger partial charge >= 0.3 is 17.8 Å². The summed E-state index contributed by atoms with van der Waals surface area (Å²) in [7, 11) is -14.0. The summed E-state index contributed by atoms with van der Waals surface area (Å²) in [6.45, 7) is -0.430. The number of phenols is 1. The summed E-state index contributed by atoms with van der Waals surface area (Å²) < 4.78 is 97.5.